The van der Waals surface area contributed by atoms with Gasteiger partial charge in [0.25, 0.3) is 0 Å². The minimum Gasteiger partial charge on any atom is -0.355 e. The van der Waals surface area contributed by atoms with Crippen LogP contribution in [0.25, 0.3) is 0 Å². The third-order valence-electron chi connectivity index (χ3n) is 3.94. The van der Waals surface area contributed by atoms with Gasteiger partial charge in [0.2, 0.25) is 5.91 Å². The first-order chi connectivity index (χ1) is 9.61. The summed E-state index contributed by atoms with van der Waals surface area (Å²) in [4.78, 5) is 12.0. The van der Waals surface area contributed by atoms with E-state index >= 15 is 0 Å². The molecule has 1 aromatic carbocycles. The molecule has 2 rings (SSSR count). The van der Waals surface area contributed by atoms with Crippen molar-refractivity contribution in [3.05, 3.63) is 34.9 Å². The molecule has 0 radical (unpaired) electrons. The molecule has 2 atom stereocenters. The van der Waals surface area contributed by atoms with E-state index in [1.54, 1.807) is 0 Å². The molecular weight excluding hydrogens is 272 g/mol. The Morgan fingerprint density at radius 3 is 2.65 bits per heavy atom. The van der Waals surface area contributed by atoms with Crippen molar-refractivity contribution in [2.45, 2.75) is 26.2 Å². The van der Waals surface area contributed by atoms with Gasteiger partial charge >= 0.3 is 0 Å². The minimum absolute atomic E-state index is 0.138. The number of halogens is 1. The highest BCUT2D eigenvalue weighted by Gasteiger charge is 2.36. The van der Waals surface area contributed by atoms with Gasteiger partial charge in [0.1, 0.15) is 5.92 Å². The lowest BCUT2D eigenvalue weighted by atomic mass is 9.90. The molecule has 0 aromatic heterocycles. The Hall–Kier alpha value is -1.53. The molecule has 1 aliphatic rings. The fourth-order valence-electron chi connectivity index (χ4n) is 2.40. The van der Waals surface area contributed by atoms with Gasteiger partial charge in [-0.25, -0.2) is 0 Å². The molecule has 1 aliphatic carbocycles. The number of carbonyl (C=O) groups is 1. The highest BCUT2D eigenvalue weighted by molar-refractivity contribution is 6.30. The van der Waals surface area contributed by atoms with Crippen LogP contribution in [0.4, 0.5) is 0 Å². The van der Waals surface area contributed by atoms with Crippen LogP contribution in [0.3, 0.4) is 0 Å². The highest BCUT2D eigenvalue weighted by Crippen LogP contribution is 2.40. The maximum atomic E-state index is 12.0. The van der Waals surface area contributed by atoms with Crippen LogP contribution in [0.1, 0.15) is 25.3 Å². The summed E-state index contributed by atoms with van der Waals surface area (Å²) in [5.74, 6) is 0.0609. The number of rotatable bonds is 6. The number of nitriles is 1. The minimum atomic E-state index is -0.521. The molecule has 0 spiro atoms. The summed E-state index contributed by atoms with van der Waals surface area (Å²) in [5, 5.41) is 12.7. The first kappa shape index (κ1) is 14.9. The van der Waals surface area contributed by atoms with Crippen molar-refractivity contribution in [1.82, 2.24) is 5.32 Å². The topological polar surface area (TPSA) is 52.9 Å². The van der Waals surface area contributed by atoms with E-state index in [1.165, 1.54) is 0 Å². The smallest absolute Gasteiger partial charge is 0.237 e. The molecule has 1 aromatic rings. The monoisotopic (exact) mass is 290 g/mol. The van der Waals surface area contributed by atoms with E-state index < -0.39 is 5.92 Å². The van der Waals surface area contributed by atoms with Gasteiger partial charge in [0, 0.05) is 11.6 Å². The summed E-state index contributed by atoms with van der Waals surface area (Å²) in [6, 6.07) is 9.72. The first-order valence-electron chi connectivity index (χ1n) is 7.03. The summed E-state index contributed by atoms with van der Waals surface area (Å²) in [6.07, 6.45) is 3.05. The Morgan fingerprint density at radius 2 is 2.10 bits per heavy atom. The maximum absolute atomic E-state index is 12.0. The summed E-state index contributed by atoms with van der Waals surface area (Å²) in [6.45, 7) is 2.56. The average molecular weight is 291 g/mol. The molecule has 0 bridgehead atoms. The standard InChI is InChI=1S/C16H19ClN2O/c1-11(13-4-5-13)15(10-18)16(20)19-9-8-12-2-6-14(17)7-3-12/h2-3,6-7,11,13,15H,4-5,8-9H2,1H3,(H,19,20)/t11?,15-/m0/s1. The van der Waals surface area contributed by atoms with Crippen molar-refractivity contribution in [1.29, 1.82) is 5.26 Å². The van der Waals surface area contributed by atoms with Crippen molar-refractivity contribution in [3.8, 4) is 6.07 Å². The Bertz CT molecular complexity index is 502. The zero-order chi connectivity index (χ0) is 14.5. The Kier molecular flexibility index (Phi) is 5.03. The van der Waals surface area contributed by atoms with Gasteiger partial charge < -0.3 is 5.32 Å². The predicted molar refractivity (Wildman–Crippen MR) is 79.2 cm³/mol. The molecule has 0 heterocycles. The van der Waals surface area contributed by atoms with Gasteiger partial charge in [-0.15, -0.1) is 0 Å². The number of carbonyl (C=O) groups excluding carboxylic acids is 1. The lowest BCUT2D eigenvalue weighted by molar-refractivity contribution is -0.124. The number of amides is 1. The molecule has 3 nitrogen and oxygen atoms in total. The van der Waals surface area contributed by atoms with Crippen LogP contribution < -0.4 is 5.32 Å². The maximum Gasteiger partial charge on any atom is 0.237 e. The number of benzene rings is 1. The van der Waals surface area contributed by atoms with E-state index in [0.717, 1.165) is 24.8 Å². The molecule has 0 saturated heterocycles. The Labute approximate surface area is 124 Å². The van der Waals surface area contributed by atoms with E-state index in [0.29, 0.717) is 17.5 Å². The highest BCUT2D eigenvalue weighted by atomic mass is 35.5. The largest absolute Gasteiger partial charge is 0.355 e. The fraction of sp³-hybridized carbons (Fsp3) is 0.500. The van der Waals surface area contributed by atoms with Crippen LogP contribution in [-0.4, -0.2) is 12.5 Å². The van der Waals surface area contributed by atoms with Gasteiger partial charge in [-0.3, -0.25) is 4.79 Å². The van der Waals surface area contributed by atoms with Gasteiger partial charge in [0.15, 0.2) is 0 Å². The Balaban J connectivity index is 1.79. The van der Waals surface area contributed by atoms with Crippen molar-refractivity contribution >= 4 is 17.5 Å². The quantitative estimate of drug-likeness (QED) is 0.875. The van der Waals surface area contributed by atoms with E-state index in [1.807, 2.05) is 31.2 Å². The van der Waals surface area contributed by atoms with E-state index in [9.17, 15) is 4.79 Å². The van der Waals surface area contributed by atoms with Crippen molar-refractivity contribution in [2.24, 2.45) is 17.8 Å². The Morgan fingerprint density at radius 1 is 1.45 bits per heavy atom. The molecule has 1 unspecified atom stereocenters. The average Bonchev–Trinajstić information content (AvgIpc) is 3.26. The second-order valence-electron chi connectivity index (χ2n) is 5.47. The number of nitrogens with one attached hydrogen (secondary N) is 1. The normalized spacial score (nSPS) is 17.1. The first-order valence-corrected chi connectivity index (χ1v) is 7.41. The van der Waals surface area contributed by atoms with Crippen molar-refractivity contribution in [3.63, 3.8) is 0 Å². The molecule has 1 amide bonds. The van der Waals surface area contributed by atoms with Gasteiger partial charge in [-0.05, 0) is 48.8 Å². The number of nitrogens with zero attached hydrogens (tertiary/aromatic N) is 1. The van der Waals surface area contributed by atoms with Crippen molar-refractivity contribution < 1.29 is 4.79 Å². The summed E-state index contributed by atoms with van der Waals surface area (Å²) >= 11 is 5.82. The zero-order valence-electron chi connectivity index (χ0n) is 11.6. The molecule has 20 heavy (non-hydrogen) atoms. The molecule has 106 valence electrons. The molecule has 1 saturated carbocycles. The third-order valence-corrected chi connectivity index (χ3v) is 4.19. The van der Waals surface area contributed by atoms with Crippen LogP contribution >= 0.6 is 11.6 Å². The van der Waals surface area contributed by atoms with E-state index in [2.05, 4.69) is 11.4 Å². The lowest BCUT2D eigenvalue weighted by Gasteiger charge is -2.16. The van der Waals surface area contributed by atoms with Crippen LogP contribution in [0, 0.1) is 29.1 Å². The fourth-order valence-corrected chi connectivity index (χ4v) is 2.53. The zero-order valence-corrected chi connectivity index (χ0v) is 12.4. The molecule has 0 aliphatic heterocycles. The summed E-state index contributed by atoms with van der Waals surface area (Å²) in [5.41, 5.74) is 1.12. The van der Waals surface area contributed by atoms with Gasteiger partial charge in [-0.1, -0.05) is 30.7 Å². The summed E-state index contributed by atoms with van der Waals surface area (Å²) in [7, 11) is 0. The van der Waals surface area contributed by atoms with Crippen LogP contribution in [0.15, 0.2) is 24.3 Å². The second kappa shape index (κ2) is 6.76. The summed E-state index contributed by atoms with van der Waals surface area (Å²) < 4.78 is 0. The van der Waals surface area contributed by atoms with Gasteiger partial charge in [-0.2, -0.15) is 5.26 Å². The lowest BCUT2D eigenvalue weighted by Crippen LogP contribution is -2.35. The van der Waals surface area contributed by atoms with Crippen LogP contribution in [0.2, 0.25) is 5.02 Å². The van der Waals surface area contributed by atoms with E-state index in [4.69, 9.17) is 16.9 Å². The molecular formula is C16H19ClN2O. The van der Waals surface area contributed by atoms with Crippen LogP contribution in [-0.2, 0) is 11.2 Å². The molecule has 1 fully saturated rings. The van der Waals surface area contributed by atoms with Crippen LogP contribution in [0.5, 0.6) is 0 Å². The van der Waals surface area contributed by atoms with E-state index in [-0.39, 0.29) is 11.8 Å². The predicted octanol–water partition coefficient (Wildman–Crippen LogP) is 3.18. The van der Waals surface area contributed by atoms with Gasteiger partial charge in [0.05, 0.1) is 6.07 Å². The molecule has 4 heteroatoms. The second-order valence-corrected chi connectivity index (χ2v) is 5.91. The SMILES string of the molecule is CC(C1CC1)[C@H](C#N)C(=O)NCCc1ccc(Cl)cc1. The number of hydrogen-bond donors (Lipinski definition) is 1. The molecule has 1 N–H and O–H groups in total. The van der Waals surface area contributed by atoms with Crippen molar-refractivity contribution in [2.75, 3.05) is 6.54 Å². The number of hydrogen-bond acceptors (Lipinski definition) is 2. The third kappa shape index (κ3) is 3.98.